The Morgan fingerprint density at radius 2 is 2.11 bits per heavy atom. The van der Waals surface area contributed by atoms with Crippen LogP contribution < -0.4 is 16.8 Å². The van der Waals surface area contributed by atoms with E-state index in [1.165, 1.54) is 6.07 Å². The van der Waals surface area contributed by atoms with Crippen molar-refractivity contribution in [3.05, 3.63) is 58.0 Å². The summed E-state index contributed by atoms with van der Waals surface area (Å²) in [6, 6.07) is 10.9. The van der Waals surface area contributed by atoms with Gasteiger partial charge in [0.15, 0.2) is 0 Å². The lowest BCUT2D eigenvalue weighted by molar-refractivity contribution is 0.876. The second-order valence-electron chi connectivity index (χ2n) is 3.71. The van der Waals surface area contributed by atoms with Gasteiger partial charge in [-0.1, -0.05) is 30.3 Å². The molecule has 0 bridgehead atoms. The quantitative estimate of drug-likeness (QED) is 0.472. The smallest absolute Gasteiger partial charge is 0.273 e. The van der Waals surface area contributed by atoms with Crippen molar-refractivity contribution in [1.29, 1.82) is 0 Å². The second-order valence-corrected chi connectivity index (χ2v) is 3.71. The Kier molecular flexibility index (Phi) is 3.38. The number of hydrazone groups is 1. The van der Waals surface area contributed by atoms with Gasteiger partial charge in [0.05, 0.1) is 6.21 Å². The highest BCUT2D eigenvalue weighted by atomic mass is 16.1. The monoisotopic (exact) mass is 243 g/mol. The molecule has 92 valence electrons. The number of nitrogens with zero attached hydrogens (tertiary/aromatic N) is 3. The lowest BCUT2D eigenvalue weighted by Gasteiger charge is -2.05. The summed E-state index contributed by atoms with van der Waals surface area (Å²) in [7, 11) is 0. The minimum Gasteiger partial charge on any atom is -0.333 e. The molecule has 0 saturated heterocycles. The van der Waals surface area contributed by atoms with Crippen molar-refractivity contribution in [2.45, 2.75) is 6.92 Å². The number of rotatable bonds is 3. The number of anilines is 1. The van der Waals surface area contributed by atoms with E-state index in [4.69, 9.17) is 5.84 Å². The largest absolute Gasteiger partial charge is 0.333 e. The first-order chi connectivity index (χ1) is 8.66. The van der Waals surface area contributed by atoms with Gasteiger partial charge in [0, 0.05) is 11.8 Å². The van der Waals surface area contributed by atoms with Gasteiger partial charge in [-0.3, -0.25) is 4.79 Å². The van der Waals surface area contributed by atoms with E-state index in [1.807, 2.05) is 30.3 Å². The number of hydrogen-bond acceptors (Lipinski definition) is 5. The molecule has 6 nitrogen and oxygen atoms in total. The number of aromatic nitrogens is 2. The van der Waals surface area contributed by atoms with Crippen LogP contribution in [0.25, 0.3) is 0 Å². The van der Waals surface area contributed by atoms with Crippen LogP contribution in [-0.4, -0.2) is 15.9 Å². The van der Waals surface area contributed by atoms with Crippen LogP contribution in [0.3, 0.4) is 0 Å². The van der Waals surface area contributed by atoms with E-state index >= 15 is 0 Å². The zero-order chi connectivity index (χ0) is 13.0. The molecule has 1 aromatic carbocycles. The maximum atomic E-state index is 11.4. The fraction of sp³-hybridized carbons (Fsp3) is 0.0833. The third-order valence-corrected chi connectivity index (χ3v) is 2.26. The Morgan fingerprint density at radius 1 is 1.39 bits per heavy atom. The Hall–Kier alpha value is -2.63. The van der Waals surface area contributed by atoms with Crippen LogP contribution in [0.4, 0.5) is 5.95 Å². The van der Waals surface area contributed by atoms with Crippen LogP contribution in [0, 0.1) is 6.92 Å². The van der Waals surface area contributed by atoms with Gasteiger partial charge in [-0.25, -0.2) is 10.4 Å². The van der Waals surface area contributed by atoms with Crippen LogP contribution in [0.5, 0.6) is 0 Å². The van der Waals surface area contributed by atoms with E-state index < -0.39 is 0 Å². The van der Waals surface area contributed by atoms with Crippen molar-refractivity contribution >= 4 is 12.2 Å². The Labute approximate surface area is 104 Å². The van der Waals surface area contributed by atoms with Crippen molar-refractivity contribution in [3.8, 4) is 0 Å². The standard InChI is InChI=1S/C12H13N5O/c1-9-7-11(18)17(13)12(15-9)16-14-8-10-5-3-2-4-6-10/h2-8H,13H2,1H3,(H,15,16)/b14-8+. The fourth-order valence-electron chi connectivity index (χ4n) is 1.39. The molecule has 0 spiro atoms. The molecule has 0 atom stereocenters. The van der Waals surface area contributed by atoms with Crippen LogP contribution in [0.1, 0.15) is 11.3 Å². The number of benzene rings is 1. The summed E-state index contributed by atoms with van der Waals surface area (Å²) >= 11 is 0. The van der Waals surface area contributed by atoms with Crippen LogP contribution in [0.15, 0.2) is 46.3 Å². The minimum atomic E-state index is -0.333. The first-order valence-corrected chi connectivity index (χ1v) is 5.37. The predicted molar refractivity (Wildman–Crippen MR) is 71.0 cm³/mol. The Bertz CT molecular complexity index is 618. The van der Waals surface area contributed by atoms with Gasteiger partial charge in [0.1, 0.15) is 0 Å². The summed E-state index contributed by atoms with van der Waals surface area (Å²) in [5, 5.41) is 3.98. The highest BCUT2D eigenvalue weighted by Gasteiger charge is 2.01. The Morgan fingerprint density at radius 3 is 2.83 bits per heavy atom. The van der Waals surface area contributed by atoms with Crippen LogP contribution in [0.2, 0.25) is 0 Å². The summed E-state index contributed by atoms with van der Waals surface area (Å²) in [5.41, 5.74) is 3.82. The van der Waals surface area contributed by atoms with Crippen molar-refractivity contribution in [1.82, 2.24) is 9.66 Å². The van der Waals surface area contributed by atoms with E-state index in [0.29, 0.717) is 5.69 Å². The molecular weight excluding hydrogens is 230 g/mol. The molecule has 0 aliphatic carbocycles. The maximum absolute atomic E-state index is 11.4. The molecule has 2 aromatic rings. The molecule has 1 aromatic heterocycles. The van der Waals surface area contributed by atoms with Crippen LogP contribution >= 0.6 is 0 Å². The number of hydrogen-bond donors (Lipinski definition) is 2. The zero-order valence-electron chi connectivity index (χ0n) is 9.87. The van der Waals surface area contributed by atoms with Gasteiger partial charge in [-0.15, -0.1) is 0 Å². The maximum Gasteiger partial charge on any atom is 0.273 e. The fourth-order valence-corrected chi connectivity index (χ4v) is 1.39. The van der Waals surface area contributed by atoms with E-state index in [2.05, 4.69) is 15.5 Å². The van der Waals surface area contributed by atoms with E-state index in [9.17, 15) is 4.79 Å². The molecule has 0 radical (unpaired) electrons. The van der Waals surface area contributed by atoms with Gasteiger partial charge in [-0.2, -0.15) is 9.78 Å². The summed E-state index contributed by atoms with van der Waals surface area (Å²) in [4.78, 5) is 15.5. The summed E-state index contributed by atoms with van der Waals surface area (Å²) in [6.07, 6.45) is 1.62. The van der Waals surface area contributed by atoms with E-state index in [0.717, 1.165) is 10.2 Å². The Balaban J connectivity index is 2.16. The van der Waals surface area contributed by atoms with Crippen molar-refractivity contribution in [2.24, 2.45) is 5.10 Å². The third kappa shape index (κ3) is 2.73. The van der Waals surface area contributed by atoms with Crippen LogP contribution in [-0.2, 0) is 0 Å². The topological polar surface area (TPSA) is 85.3 Å². The number of nitrogen functional groups attached to an aromatic ring is 1. The lowest BCUT2D eigenvalue weighted by Crippen LogP contribution is -2.30. The van der Waals surface area contributed by atoms with E-state index in [-0.39, 0.29) is 11.5 Å². The van der Waals surface area contributed by atoms with Crippen molar-refractivity contribution < 1.29 is 0 Å². The van der Waals surface area contributed by atoms with Gasteiger partial charge < -0.3 is 5.84 Å². The van der Waals surface area contributed by atoms with Gasteiger partial charge in [-0.05, 0) is 12.5 Å². The average molecular weight is 243 g/mol. The molecular formula is C12H13N5O. The number of nitrogens with one attached hydrogen (secondary N) is 1. The molecule has 18 heavy (non-hydrogen) atoms. The highest BCUT2D eigenvalue weighted by molar-refractivity contribution is 5.79. The summed E-state index contributed by atoms with van der Waals surface area (Å²) in [5.74, 6) is 5.74. The summed E-state index contributed by atoms with van der Waals surface area (Å²) in [6.45, 7) is 1.72. The second kappa shape index (κ2) is 5.13. The van der Waals surface area contributed by atoms with Gasteiger partial charge in [0.25, 0.3) is 5.56 Å². The predicted octanol–water partition coefficient (Wildman–Crippen LogP) is 0.712. The molecule has 2 rings (SSSR count). The molecule has 0 fully saturated rings. The molecule has 0 saturated carbocycles. The van der Waals surface area contributed by atoms with Crippen molar-refractivity contribution in [3.63, 3.8) is 0 Å². The SMILES string of the molecule is Cc1cc(=O)n(N)c(N/N=C/c2ccccc2)n1. The van der Waals surface area contributed by atoms with Gasteiger partial charge in [0.2, 0.25) is 5.95 Å². The van der Waals surface area contributed by atoms with Crippen molar-refractivity contribution in [2.75, 3.05) is 11.3 Å². The minimum absolute atomic E-state index is 0.201. The van der Waals surface area contributed by atoms with E-state index in [1.54, 1.807) is 13.1 Å². The molecule has 0 amide bonds. The molecule has 0 unspecified atom stereocenters. The molecule has 6 heteroatoms. The first kappa shape index (κ1) is 11.8. The first-order valence-electron chi connectivity index (χ1n) is 5.37. The highest BCUT2D eigenvalue weighted by Crippen LogP contribution is 1.99. The number of aryl methyl sites for hydroxylation is 1. The molecule has 3 N–H and O–H groups in total. The molecule has 1 heterocycles. The van der Waals surface area contributed by atoms with Gasteiger partial charge >= 0.3 is 0 Å². The lowest BCUT2D eigenvalue weighted by atomic mass is 10.2. The number of nitrogens with two attached hydrogens (primary N) is 1. The normalized spacial score (nSPS) is 10.7. The summed E-state index contributed by atoms with van der Waals surface area (Å²) < 4.78 is 0.912. The average Bonchev–Trinajstić information content (AvgIpc) is 2.36. The third-order valence-electron chi connectivity index (χ3n) is 2.26. The molecule has 0 aliphatic rings. The molecule has 0 aliphatic heterocycles. The zero-order valence-corrected chi connectivity index (χ0v) is 9.87.